The van der Waals surface area contributed by atoms with E-state index in [0.717, 1.165) is 17.7 Å². The number of nitrogens with one attached hydrogen (secondary N) is 1. The van der Waals surface area contributed by atoms with Gasteiger partial charge in [0.05, 0.1) is 10.6 Å². The Hall–Kier alpha value is -2.33. The fourth-order valence-electron chi connectivity index (χ4n) is 2.63. The number of rotatable bonds is 3. The van der Waals surface area contributed by atoms with Gasteiger partial charge < -0.3 is 5.32 Å². The van der Waals surface area contributed by atoms with Crippen molar-refractivity contribution >= 4 is 34.6 Å². The van der Waals surface area contributed by atoms with E-state index in [-0.39, 0.29) is 11.3 Å². The molecule has 0 atom stereocenters. The number of amides is 1. The standard InChI is InChI=1S/C22H24N2OS/c1-5-15-8-12-18(13-9-15)23-21-24-20(25)19(26-21)14-16-6-10-17(11-7-16)22(2,3)4/h6-14H,5H2,1-4H3,(H,23,24,25)/b19-14-. The molecule has 3 nitrogen and oxygen atoms in total. The summed E-state index contributed by atoms with van der Waals surface area (Å²) in [5.41, 5.74) is 4.54. The van der Waals surface area contributed by atoms with Gasteiger partial charge in [0.1, 0.15) is 0 Å². The zero-order valence-electron chi connectivity index (χ0n) is 15.7. The SMILES string of the molecule is CCc1ccc(N=C2NC(=O)/C(=C/c3ccc(C(C)(C)C)cc3)S2)cc1. The Balaban J connectivity index is 1.76. The molecule has 1 fully saturated rings. The molecule has 2 aromatic carbocycles. The zero-order valence-corrected chi connectivity index (χ0v) is 16.5. The van der Waals surface area contributed by atoms with Gasteiger partial charge >= 0.3 is 0 Å². The molecule has 0 unspecified atom stereocenters. The lowest BCUT2D eigenvalue weighted by molar-refractivity contribution is -0.115. The van der Waals surface area contributed by atoms with Crippen molar-refractivity contribution in [3.8, 4) is 0 Å². The van der Waals surface area contributed by atoms with Gasteiger partial charge in [0.15, 0.2) is 5.17 Å². The Labute approximate surface area is 159 Å². The molecular formula is C22H24N2OS. The van der Waals surface area contributed by atoms with Gasteiger partial charge in [-0.3, -0.25) is 4.79 Å². The third kappa shape index (κ3) is 4.44. The van der Waals surface area contributed by atoms with E-state index in [1.54, 1.807) is 0 Å². The van der Waals surface area contributed by atoms with E-state index in [2.05, 4.69) is 74.4 Å². The average Bonchev–Trinajstić information content (AvgIpc) is 2.94. The quantitative estimate of drug-likeness (QED) is 0.737. The van der Waals surface area contributed by atoms with E-state index < -0.39 is 0 Å². The smallest absolute Gasteiger partial charge is 0.264 e. The van der Waals surface area contributed by atoms with Crippen molar-refractivity contribution in [2.75, 3.05) is 0 Å². The lowest BCUT2D eigenvalue weighted by Gasteiger charge is -2.18. The molecule has 4 heteroatoms. The Bertz CT molecular complexity index is 857. The summed E-state index contributed by atoms with van der Waals surface area (Å²) >= 11 is 1.38. The number of benzene rings is 2. The molecule has 0 bridgehead atoms. The number of thioether (sulfide) groups is 1. The number of hydrogen-bond donors (Lipinski definition) is 1. The Morgan fingerprint density at radius 1 is 1.04 bits per heavy atom. The monoisotopic (exact) mass is 364 g/mol. The third-order valence-electron chi connectivity index (χ3n) is 4.30. The normalized spacial score (nSPS) is 17.8. The maximum absolute atomic E-state index is 12.2. The minimum absolute atomic E-state index is 0.0983. The summed E-state index contributed by atoms with van der Waals surface area (Å²) in [4.78, 5) is 17.4. The van der Waals surface area contributed by atoms with Crippen LogP contribution in [0.3, 0.4) is 0 Å². The number of carbonyl (C=O) groups excluding carboxylic acids is 1. The summed E-state index contributed by atoms with van der Waals surface area (Å²) in [6.45, 7) is 8.70. The molecule has 3 rings (SSSR count). The van der Waals surface area contributed by atoms with Crippen molar-refractivity contribution in [3.05, 3.63) is 70.1 Å². The molecule has 1 heterocycles. The summed E-state index contributed by atoms with van der Waals surface area (Å²) in [6.07, 6.45) is 2.92. The number of nitrogens with zero attached hydrogens (tertiary/aromatic N) is 1. The van der Waals surface area contributed by atoms with Crippen molar-refractivity contribution in [2.45, 2.75) is 39.5 Å². The lowest BCUT2D eigenvalue weighted by atomic mass is 9.87. The number of amidine groups is 1. The van der Waals surface area contributed by atoms with E-state index in [9.17, 15) is 4.79 Å². The minimum atomic E-state index is -0.0983. The van der Waals surface area contributed by atoms with E-state index >= 15 is 0 Å². The molecule has 0 spiro atoms. The van der Waals surface area contributed by atoms with Crippen LogP contribution in [-0.2, 0) is 16.6 Å². The topological polar surface area (TPSA) is 41.5 Å². The van der Waals surface area contributed by atoms with Crippen LogP contribution < -0.4 is 5.32 Å². The van der Waals surface area contributed by atoms with E-state index in [1.165, 1.54) is 22.9 Å². The molecule has 1 aliphatic rings. The van der Waals surface area contributed by atoms with Gasteiger partial charge in [-0.15, -0.1) is 0 Å². The summed E-state index contributed by atoms with van der Waals surface area (Å²) in [5, 5.41) is 3.46. The molecule has 2 aromatic rings. The predicted molar refractivity (Wildman–Crippen MR) is 112 cm³/mol. The van der Waals surface area contributed by atoms with Gasteiger partial charge in [0, 0.05) is 0 Å². The predicted octanol–water partition coefficient (Wildman–Crippen LogP) is 5.44. The molecule has 26 heavy (non-hydrogen) atoms. The highest BCUT2D eigenvalue weighted by molar-refractivity contribution is 8.18. The molecule has 0 aromatic heterocycles. The van der Waals surface area contributed by atoms with E-state index in [0.29, 0.717) is 10.1 Å². The Morgan fingerprint density at radius 3 is 2.27 bits per heavy atom. The van der Waals surface area contributed by atoms with E-state index in [4.69, 9.17) is 0 Å². The summed E-state index contributed by atoms with van der Waals surface area (Å²) in [7, 11) is 0. The fourth-order valence-corrected chi connectivity index (χ4v) is 3.48. The molecular weight excluding hydrogens is 340 g/mol. The first-order chi connectivity index (χ1) is 12.3. The van der Waals surface area contributed by atoms with Gasteiger partial charge in [-0.25, -0.2) is 4.99 Å². The van der Waals surface area contributed by atoms with Crippen LogP contribution in [0, 0.1) is 0 Å². The number of hydrogen-bond acceptors (Lipinski definition) is 3. The van der Waals surface area contributed by atoms with Gasteiger partial charge in [-0.2, -0.15) is 0 Å². The average molecular weight is 365 g/mol. The van der Waals surface area contributed by atoms with Crippen LogP contribution in [0.1, 0.15) is 44.4 Å². The molecule has 1 amide bonds. The summed E-state index contributed by atoms with van der Waals surface area (Å²) < 4.78 is 0. The molecule has 1 N–H and O–H groups in total. The zero-order chi connectivity index (χ0) is 18.7. The van der Waals surface area contributed by atoms with Gasteiger partial charge in [-0.1, -0.05) is 64.1 Å². The van der Waals surface area contributed by atoms with E-state index in [1.807, 2.05) is 18.2 Å². The number of aliphatic imine (C=N–C) groups is 1. The third-order valence-corrected chi connectivity index (χ3v) is 5.21. The largest absolute Gasteiger partial charge is 0.300 e. The summed E-state index contributed by atoms with van der Waals surface area (Å²) in [5.74, 6) is -0.0983. The highest BCUT2D eigenvalue weighted by atomic mass is 32.2. The Morgan fingerprint density at radius 2 is 1.69 bits per heavy atom. The molecule has 1 aliphatic heterocycles. The van der Waals surface area contributed by atoms with Crippen molar-refractivity contribution in [2.24, 2.45) is 4.99 Å². The first kappa shape index (κ1) is 18.5. The first-order valence-electron chi connectivity index (χ1n) is 8.84. The molecule has 0 radical (unpaired) electrons. The van der Waals surface area contributed by atoms with Crippen LogP contribution >= 0.6 is 11.8 Å². The minimum Gasteiger partial charge on any atom is -0.300 e. The van der Waals surface area contributed by atoms with Crippen LogP contribution in [0.25, 0.3) is 6.08 Å². The van der Waals surface area contributed by atoms with Gasteiger partial charge in [0.25, 0.3) is 5.91 Å². The molecule has 0 saturated carbocycles. The molecule has 134 valence electrons. The number of carbonyl (C=O) groups is 1. The molecule has 0 aliphatic carbocycles. The molecule has 1 saturated heterocycles. The van der Waals surface area contributed by atoms with Crippen molar-refractivity contribution < 1.29 is 4.79 Å². The van der Waals surface area contributed by atoms with Crippen LogP contribution in [0.5, 0.6) is 0 Å². The van der Waals surface area contributed by atoms with Gasteiger partial charge in [-0.05, 0) is 58.5 Å². The van der Waals surface area contributed by atoms with Gasteiger partial charge in [0.2, 0.25) is 0 Å². The fraction of sp³-hybridized carbons (Fsp3) is 0.273. The Kier molecular flexibility index (Phi) is 5.33. The second-order valence-electron chi connectivity index (χ2n) is 7.37. The van der Waals surface area contributed by atoms with Crippen LogP contribution in [0.2, 0.25) is 0 Å². The van der Waals surface area contributed by atoms with Crippen LogP contribution in [0.15, 0.2) is 58.4 Å². The van der Waals surface area contributed by atoms with Crippen LogP contribution in [-0.4, -0.2) is 11.1 Å². The van der Waals surface area contributed by atoms with Crippen molar-refractivity contribution in [1.82, 2.24) is 5.32 Å². The first-order valence-corrected chi connectivity index (χ1v) is 9.66. The van der Waals surface area contributed by atoms with Crippen LogP contribution in [0.4, 0.5) is 5.69 Å². The highest BCUT2D eigenvalue weighted by Gasteiger charge is 2.23. The summed E-state index contributed by atoms with van der Waals surface area (Å²) in [6, 6.07) is 16.4. The van der Waals surface area contributed by atoms with Crippen molar-refractivity contribution in [1.29, 1.82) is 0 Å². The lowest BCUT2D eigenvalue weighted by Crippen LogP contribution is -2.19. The van der Waals surface area contributed by atoms with Crippen molar-refractivity contribution in [3.63, 3.8) is 0 Å². The highest BCUT2D eigenvalue weighted by Crippen LogP contribution is 2.29. The number of aryl methyl sites for hydroxylation is 1. The maximum atomic E-state index is 12.2. The maximum Gasteiger partial charge on any atom is 0.264 e. The second kappa shape index (κ2) is 7.50. The second-order valence-corrected chi connectivity index (χ2v) is 8.40.